The summed E-state index contributed by atoms with van der Waals surface area (Å²) in [4.78, 5) is 58.5. The summed E-state index contributed by atoms with van der Waals surface area (Å²) in [5.74, 6) is -7.81. The van der Waals surface area contributed by atoms with E-state index in [-0.39, 0.29) is 56.1 Å². The van der Waals surface area contributed by atoms with Gasteiger partial charge in [-0.15, -0.1) is 0 Å². The van der Waals surface area contributed by atoms with E-state index in [9.17, 15) is 34.5 Å². The number of hydrogen-bond acceptors (Lipinski definition) is 13. The van der Waals surface area contributed by atoms with Crippen LogP contribution in [0.1, 0.15) is 106 Å². The van der Waals surface area contributed by atoms with Gasteiger partial charge in [0.2, 0.25) is 5.79 Å². The van der Waals surface area contributed by atoms with E-state index in [2.05, 4.69) is 12.1 Å². The summed E-state index contributed by atoms with van der Waals surface area (Å²) >= 11 is 0. The maximum absolute atomic E-state index is 14.6. The number of amides is 1. The summed E-state index contributed by atoms with van der Waals surface area (Å²) in [6.45, 7) is 10.7. The molecule has 3 fully saturated rings. The lowest BCUT2D eigenvalue weighted by atomic mass is 9.81. The van der Waals surface area contributed by atoms with Crippen LogP contribution >= 0.6 is 0 Å². The highest BCUT2D eigenvalue weighted by Gasteiger charge is 2.57. The van der Waals surface area contributed by atoms with Crippen molar-refractivity contribution in [1.82, 2.24) is 4.90 Å². The number of carbonyl (C=O) groups is 4. The van der Waals surface area contributed by atoms with E-state index >= 15 is 0 Å². The molecule has 14 nitrogen and oxygen atoms in total. The summed E-state index contributed by atoms with van der Waals surface area (Å²) in [6.07, 6.45) is 1.55. The minimum Gasteiger partial charge on any atom is -0.488 e. The molecule has 2 aromatic rings. The van der Waals surface area contributed by atoms with Crippen LogP contribution in [0.2, 0.25) is 0 Å². The summed E-state index contributed by atoms with van der Waals surface area (Å²) < 4.78 is 36.8. The number of cyclic esters (lactones) is 1. The number of hydrogen-bond donors (Lipinski definition) is 3. The van der Waals surface area contributed by atoms with E-state index in [1.165, 1.54) is 19.1 Å². The highest BCUT2D eigenvalue weighted by Crippen LogP contribution is 2.40. The molecule has 0 aromatic heterocycles. The lowest BCUT2D eigenvalue weighted by Crippen LogP contribution is -2.64. The lowest BCUT2D eigenvalue weighted by Gasteiger charge is -2.47. The highest BCUT2D eigenvalue weighted by atomic mass is 16.7. The molecule has 3 aliphatic heterocycles. The molecule has 2 bridgehead atoms. The minimum absolute atomic E-state index is 0.00883. The van der Waals surface area contributed by atoms with Crippen LogP contribution in [-0.4, -0.2) is 132 Å². The van der Waals surface area contributed by atoms with Gasteiger partial charge in [0.1, 0.15) is 35.9 Å². The summed E-state index contributed by atoms with van der Waals surface area (Å²) in [7, 11) is 4.63. The van der Waals surface area contributed by atoms with Crippen molar-refractivity contribution in [3.8, 4) is 5.75 Å². The van der Waals surface area contributed by atoms with Crippen LogP contribution in [-0.2, 0) is 42.9 Å². The van der Waals surface area contributed by atoms with Gasteiger partial charge in [-0.25, -0.2) is 4.79 Å². The van der Waals surface area contributed by atoms with Crippen LogP contribution in [0.5, 0.6) is 5.75 Å². The van der Waals surface area contributed by atoms with Crippen LogP contribution in [0.3, 0.4) is 0 Å². The third-order valence-corrected chi connectivity index (χ3v) is 15.2. The standard InChI is InChI=1S/C53H75NO13/c1-10-36-24-30(2)47(57)31(3)25-45(63-8)49-46(64-9)26-33(5)53(61,67-49)50(58)51(59)54-22-14-13-17-40(54)52(60)66-48(34(6)41(55)29-42(36)56)32(4)23-35-18-21-43(44(27-35)62-7)65-39-20-19-37-15-11-12-16-38(37)28-39/h11-12,15-16,19-20,23-24,28,31,33-36,40-41,43-49,55,57,61H,10,13-14,17-18,21-22,25-27,29H2,1-9H3/b30-24+,32-23+/t31-,33-,34-,35+,36-,40+,41+,43?,44?,45+,46+,47?,48-,49-,53-/m1/s1. The Morgan fingerprint density at radius 2 is 1.55 bits per heavy atom. The number of piperidine rings is 1. The molecule has 3 heterocycles. The van der Waals surface area contributed by atoms with Gasteiger partial charge in [-0.2, -0.15) is 0 Å². The molecular formula is C53H75NO13. The van der Waals surface area contributed by atoms with E-state index in [0.29, 0.717) is 43.3 Å². The number of allylic oxidation sites excluding steroid dienone is 2. The second kappa shape index (κ2) is 23.1. The Hall–Kier alpha value is -4.02. The molecule has 1 saturated carbocycles. The van der Waals surface area contributed by atoms with Crippen molar-refractivity contribution in [3.05, 3.63) is 65.8 Å². The molecule has 2 aromatic carbocycles. The molecule has 67 heavy (non-hydrogen) atoms. The van der Waals surface area contributed by atoms with E-state index < -0.39 is 89.8 Å². The fourth-order valence-corrected chi connectivity index (χ4v) is 10.8. The first kappa shape index (κ1) is 52.4. The fraction of sp³-hybridized carbons (Fsp3) is 0.660. The van der Waals surface area contributed by atoms with Crippen LogP contribution in [0.4, 0.5) is 0 Å². The predicted molar refractivity (Wildman–Crippen MR) is 252 cm³/mol. The van der Waals surface area contributed by atoms with Crippen molar-refractivity contribution in [3.63, 3.8) is 0 Å². The number of aliphatic hydroxyl groups excluding tert-OH is 2. The Labute approximate surface area is 396 Å². The van der Waals surface area contributed by atoms with Crippen LogP contribution in [0.25, 0.3) is 10.8 Å². The van der Waals surface area contributed by atoms with Crippen LogP contribution in [0, 0.1) is 29.6 Å². The average molecular weight is 934 g/mol. The van der Waals surface area contributed by atoms with Gasteiger partial charge in [-0.1, -0.05) is 70.2 Å². The molecule has 1 aliphatic carbocycles. The number of methoxy groups -OCH3 is 3. The van der Waals surface area contributed by atoms with Gasteiger partial charge in [-0.05, 0) is 118 Å². The Balaban J connectivity index is 1.32. The molecule has 6 rings (SSSR count). The Morgan fingerprint density at radius 1 is 0.866 bits per heavy atom. The predicted octanol–water partition coefficient (Wildman–Crippen LogP) is 6.68. The number of benzene rings is 2. The Bertz CT molecular complexity index is 2100. The fourth-order valence-electron chi connectivity index (χ4n) is 10.8. The molecule has 14 heteroatoms. The second-order valence-corrected chi connectivity index (χ2v) is 19.8. The molecule has 0 spiro atoms. The maximum Gasteiger partial charge on any atom is 0.329 e. The monoisotopic (exact) mass is 934 g/mol. The molecule has 370 valence electrons. The van der Waals surface area contributed by atoms with Crippen molar-refractivity contribution in [1.29, 1.82) is 0 Å². The number of esters is 1. The number of ether oxygens (including phenoxy) is 6. The van der Waals surface area contributed by atoms with E-state index in [1.807, 2.05) is 57.2 Å². The zero-order chi connectivity index (χ0) is 48.7. The second-order valence-electron chi connectivity index (χ2n) is 19.8. The van der Waals surface area contributed by atoms with Crippen molar-refractivity contribution in [2.45, 2.75) is 166 Å². The smallest absolute Gasteiger partial charge is 0.329 e. The quantitative estimate of drug-likeness (QED) is 0.145. The molecule has 3 N–H and O–H groups in total. The van der Waals surface area contributed by atoms with Gasteiger partial charge in [0.15, 0.2) is 0 Å². The summed E-state index contributed by atoms with van der Waals surface area (Å²) in [5.41, 5.74) is 1.22. The zero-order valence-corrected chi connectivity index (χ0v) is 40.9. The largest absolute Gasteiger partial charge is 0.488 e. The maximum atomic E-state index is 14.6. The SMILES string of the molecule is CC[C@@H]1/C=C(\C)C(O)[C@H](C)C[C@H](OC)[C@H]2O[C@@](O)(C(=O)C(=O)N3CCCC[C@H]3C(=O)O[C@H](/C(C)=C/[C@@H]3CCC(Oc4ccc5ccccc5c4)C(OC)C3)[C@H](C)[C@@H](O)CC1=O)[C@H](C)C[C@@H]2OC. The third kappa shape index (κ3) is 11.9. The minimum atomic E-state index is -2.58. The van der Waals surface area contributed by atoms with Gasteiger partial charge < -0.3 is 48.6 Å². The Kier molecular flexibility index (Phi) is 18.0. The number of nitrogens with zero attached hydrogens (tertiary/aromatic N) is 1. The molecule has 4 aliphatic rings. The molecule has 1 amide bonds. The van der Waals surface area contributed by atoms with Gasteiger partial charge in [-0.3, -0.25) is 14.4 Å². The number of fused-ring (bicyclic) bond motifs is 4. The van der Waals surface area contributed by atoms with Crippen molar-refractivity contribution in [2.75, 3.05) is 27.9 Å². The molecule has 3 unspecified atom stereocenters. The lowest BCUT2D eigenvalue weighted by molar-refractivity contribution is -0.302. The topological polar surface area (TPSA) is 188 Å². The highest BCUT2D eigenvalue weighted by molar-refractivity contribution is 6.39. The number of carbonyl (C=O) groups excluding carboxylic acids is 4. The zero-order valence-electron chi connectivity index (χ0n) is 40.9. The number of aliphatic hydroxyl groups is 3. The normalized spacial score (nSPS) is 37.8. The van der Waals surface area contributed by atoms with Crippen LogP contribution in [0.15, 0.2) is 65.8 Å². The van der Waals surface area contributed by atoms with Crippen molar-refractivity contribution >= 4 is 34.2 Å². The first-order valence-electron chi connectivity index (χ1n) is 24.4. The molecule has 15 atom stereocenters. The molecule has 0 radical (unpaired) electrons. The molecule has 2 saturated heterocycles. The first-order chi connectivity index (χ1) is 31.9. The molecular weight excluding hydrogens is 859 g/mol. The summed E-state index contributed by atoms with van der Waals surface area (Å²) in [6, 6.07) is 13.0. The number of ketones is 2. The van der Waals surface area contributed by atoms with E-state index in [4.69, 9.17) is 28.4 Å². The van der Waals surface area contributed by atoms with Gasteiger partial charge in [0, 0.05) is 52.0 Å². The van der Waals surface area contributed by atoms with Gasteiger partial charge in [0.25, 0.3) is 11.7 Å². The van der Waals surface area contributed by atoms with E-state index in [0.717, 1.165) is 22.9 Å². The van der Waals surface area contributed by atoms with Gasteiger partial charge in [0.05, 0.1) is 30.5 Å². The number of Topliss-reactive ketones (excluding diaryl/α,β-unsaturated/α-hetero) is 2. The number of rotatable bonds is 8. The van der Waals surface area contributed by atoms with Crippen molar-refractivity contribution in [2.24, 2.45) is 29.6 Å². The van der Waals surface area contributed by atoms with Crippen LogP contribution < -0.4 is 4.74 Å². The third-order valence-electron chi connectivity index (χ3n) is 15.2. The van der Waals surface area contributed by atoms with E-state index in [1.54, 1.807) is 34.0 Å². The summed E-state index contributed by atoms with van der Waals surface area (Å²) in [5, 5.41) is 37.8. The first-order valence-corrected chi connectivity index (χ1v) is 24.4. The Morgan fingerprint density at radius 3 is 2.24 bits per heavy atom. The average Bonchev–Trinajstić information content (AvgIpc) is 3.33. The van der Waals surface area contributed by atoms with Crippen molar-refractivity contribution < 1.29 is 62.9 Å². The van der Waals surface area contributed by atoms with Gasteiger partial charge >= 0.3 is 5.97 Å².